The van der Waals surface area contributed by atoms with Gasteiger partial charge < -0.3 is 15.0 Å². The number of fused-ring (bicyclic) bond motifs is 1. The van der Waals surface area contributed by atoms with Crippen molar-refractivity contribution in [3.63, 3.8) is 0 Å². The van der Waals surface area contributed by atoms with E-state index in [-0.39, 0.29) is 6.04 Å². The first-order valence-corrected chi connectivity index (χ1v) is 7.65. The summed E-state index contributed by atoms with van der Waals surface area (Å²) in [5.74, 6) is 1.34. The lowest BCUT2D eigenvalue weighted by molar-refractivity contribution is 0.472. The Hall–Kier alpha value is -2.33. The first kappa shape index (κ1) is 14.6. The molecule has 0 saturated heterocycles. The van der Waals surface area contributed by atoms with Crippen LogP contribution in [0.1, 0.15) is 31.3 Å². The topological polar surface area (TPSA) is 50.1 Å². The lowest BCUT2D eigenvalue weighted by atomic mass is 10.2. The number of phenolic OH excluding ortho intramolecular Hbond substituents is 1. The average Bonchev–Trinajstić information content (AvgIpc) is 2.91. The maximum Gasteiger partial charge on any atom is 0.126 e. The normalized spacial score (nSPS) is 12.6. The van der Waals surface area contributed by atoms with E-state index in [9.17, 15) is 5.11 Å². The van der Waals surface area contributed by atoms with Crippen LogP contribution in [0.25, 0.3) is 11.0 Å². The molecule has 0 saturated carbocycles. The molecule has 2 N–H and O–H groups in total. The van der Waals surface area contributed by atoms with E-state index < -0.39 is 0 Å². The second-order valence-corrected chi connectivity index (χ2v) is 5.48. The summed E-state index contributed by atoms with van der Waals surface area (Å²) in [7, 11) is 0. The second kappa shape index (κ2) is 6.20. The molecule has 0 aliphatic carbocycles. The van der Waals surface area contributed by atoms with Crippen molar-refractivity contribution in [2.45, 2.75) is 33.0 Å². The summed E-state index contributed by atoms with van der Waals surface area (Å²) in [4.78, 5) is 4.76. The van der Waals surface area contributed by atoms with E-state index in [0.29, 0.717) is 12.3 Å². The van der Waals surface area contributed by atoms with Gasteiger partial charge in [0.25, 0.3) is 0 Å². The van der Waals surface area contributed by atoms with Crippen LogP contribution in [-0.2, 0) is 13.1 Å². The van der Waals surface area contributed by atoms with E-state index >= 15 is 0 Å². The summed E-state index contributed by atoms with van der Waals surface area (Å²) in [6.07, 6.45) is 0. The molecule has 1 aromatic heterocycles. The number of aromatic nitrogens is 2. The maximum absolute atomic E-state index is 9.53. The van der Waals surface area contributed by atoms with Crippen molar-refractivity contribution in [3.8, 4) is 5.75 Å². The molecule has 114 valence electrons. The third kappa shape index (κ3) is 2.83. The van der Waals surface area contributed by atoms with Gasteiger partial charge in [0.15, 0.2) is 0 Å². The Morgan fingerprint density at radius 2 is 2.00 bits per heavy atom. The number of imidazole rings is 1. The Kier molecular flexibility index (Phi) is 4.11. The van der Waals surface area contributed by atoms with Crippen molar-refractivity contribution in [1.82, 2.24) is 14.9 Å². The van der Waals surface area contributed by atoms with E-state index in [1.807, 2.05) is 30.3 Å². The summed E-state index contributed by atoms with van der Waals surface area (Å²) in [6, 6.07) is 15.7. The zero-order valence-electron chi connectivity index (χ0n) is 13.0. The second-order valence-electron chi connectivity index (χ2n) is 5.48. The smallest absolute Gasteiger partial charge is 0.126 e. The summed E-state index contributed by atoms with van der Waals surface area (Å²) in [5, 5.41) is 13.0. The van der Waals surface area contributed by atoms with Gasteiger partial charge in [0, 0.05) is 13.1 Å². The molecule has 3 aromatic rings. The Morgan fingerprint density at radius 3 is 2.77 bits per heavy atom. The number of nitrogens with zero attached hydrogens (tertiary/aromatic N) is 2. The number of nitrogens with one attached hydrogen (secondary N) is 1. The number of benzene rings is 2. The minimum Gasteiger partial charge on any atom is -0.508 e. The van der Waals surface area contributed by atoms with Crippen LogP contribution in [0.2, 0.25) is 0 Å². The van der Waals surface area contributed by atoms with Gasteiger partial charge in [-0.05, 0) is 43.7 Å². The minimum atomic E-state index is 0.134. The molecule has 1 atom stereocenters. The van der Waals surface area contributed by atoms with Crippen LogP contribution in [0.4, 0.5) is 0 Å². The third-order valence-corrected chi connectivity index (χ3v) is 3.91. The van der Waals surface area contributed by atoms with E-state index in [1.54, 1.807) is 12.1 Å². The van der Waals surface area contributed by atoms with Gasteiger partial charge in [-0.3, -0.25) is 0 Å². The van der Waals surface area contributed by atoms with Crippen LogP contribution >= 0.6 is 0 Å². The van der Waals surface area contributed by atoms with Crippen molar-refractivity contribution >= 4 is 11.0 Å². The summed E-state index contributed by atoms with van der Waals surface area (Å²) in [5.41, 5.74) is 3.27. The molecular weight excluding hydrogens is 274 g/mol. The van der Waals surface area contributed by atoms with Crippen LogP contribution in [0.15, 0.2) is 48.5 Å². The highest BCUT2D eigenvalue weighted by atomic mass is 16.3. The highest BCUT2D eigenvalue weighted by Crippen LogP contribution is 2.21. The van der Waals surface area contributed by atoms with Crippen LogP contribution < -0.4 is 5.32 Å². The standard InChI is InChI=1S/C18H21N3O/c1-3-21-17-10-5-4-9-16(17)20-18(21)13(2)19-12-14-7-6-8-15(22)11-14/h4-11,13,19,22H,3,12H2,1-2H3. The molecule has 22 heavy (non-hydrogen) atoms. The number of hydrogen-bond donors (Lipinski definition) is 2. The van der Waals surface area contributed by atoms with Crippen LogP contribution in [0, 0.1) is 0 Å². The molecule has 0 aliphatic heterocycles. The summed E-state index contributed by atoms with van der Waals surface area (Å²) >= 11 is 0. The molecule has 3 rings (SSSR count). The third-order valence-electron chi connectivity index (χ3n) is 3.91. The lowest BCUT2D eigenvalue weighted by Gasteiger charge is -2.15. The predicted octanol–water partition coefficient (Wildman–Crippen LogP) is 3.61. The fourth-order valence-electron chi connectivity index (χ4n) is 2.79. The Labute approximate surface area is 130 Å². The van der Waals surface area contributed by atoms with Crippen molar-refractivity contribution in [3.05, 3.63) is 59.9 Å². The Balaban J connectivity index is 1.81. The largest absolute Gasteiger partial charge is 0.508 e. The molecule has 0 spiro atoms. The van der Waals surface area contributed by atoms with Gasteiger partial charge in [-0.1, -0.05) is 24.3 Å². The minimum absolute atomic E-state index is 0.134. The van der Waals surface area contributed by atoms with Crippen molar-refractivity contribution in [2.75, 3.05) is 0 Å². The quantitative estimate of drug-likeness (QED) is 0.756. The molecule has 0 radical (unpaired) electrons. The molecule has 0 amide bonds. The number of phenols is 1. The summed E-state index contributed by atoms with van der Waals surface area (Å²) < 4.78 is 2.25. The van der Waals surface area contributed by atoms with Gasteiger partial charge in [0.1, 0.15) is 11.6 Å². The van der Waals surface area contributed by atoms with Crippen molar-refractivity contribution < 1.29 is 5.11 Å². The number of aromatic hydroxyl groups is 1. The molecule has 0 bridgehead atoms. The number of aryl methyl sites for hydroxylation is 1. The average molecular weight is 295 g/mol. The highest BCUT2D eigenvalue weighted by molar-refractivity contribution is 5.76. The fraction of sp³-hybridized carbons (Fsp3) is 0.278. The van der Waals surface area contributed by atoms with Crippen LogP contribution in [0.3, 0.4) is 0 Å². The Morgan fingerprint density at radius 1 is 1.18 bits per heavy atom. The van der Waals surface area contributed by atoms with Crippen molar-refractivity contribution in [1.29, 1.82) is 0 Å². The maximum atomic E-state index is 9.53. The first-order chi connectivity index (χ1) is 10.7. The van der Waals surface area contributed by atoms with Crippen molar-refractivity contribution in [2.24, 2.45) is 0 Å². The molecule has 2 aromatic carbocycles. The highest BCUT2D eigenvalue weighted by Gasteiger charge is 2.15. The molecule has 0 fully saturated rings. The lowest BCUT2D eigenvalue weighted by Crippen LogP contribution is -2.21. The van der Waals surface area contributed by atoms with Gasteiger partial charge in [0.05, 0.1) is 17.1 Å². The van der Waals surface area contributed by atoms with E-state index in [1.165, 1.54) is 5.52 Å². The van der Waals surface area contributed by atoms with Gasteiger partial charge in [0.2, 0.25) is 0 Å². The molecule has 4 heteroatoms. The van der Waals surface area contributed by atoms with E-state index in [2.05, 4.69) is 29.8 Å². The van der Waals surface area contributed by atoms with E-state index in [4.69, 9.17) is 4.98 Å². The molecule has 0 aliphatic rings. The van der Waals surface area contributed by atoms with Crippen LogP contribution in [0.5, 0.6) is 5.75 Å². The van der Waals surface area contributed by atoms with Gasteiger partial charge in [-0.15, -0.1) is 0 Å². The first-order valence-electron chi connectivity index (χ1n) is 7.65. The number of para-hydroxylation sites is 2. The van der Waals surface area contributed by atoms with Crippen LogP contribution in [-0.4, -0.2) is 14.7 Å². The fourth-order valence-corrected chi connectivity index (χ4v) is 2.79. The predicted molar refractivity (Wildman–Crippen MR) is 88.8 cm³/mol. The SMILES string of the molecule is CCn1c(C(C)NCc2cccc(O)c2)nc2ccccc21. The van der Waals surface area contributed by atoms with Gasteiger partial charge in [-0.25, -0.2) is 4.98 Å². The molecular formula is C18H21N3O. The number of rotatable bonds is 5. The summed E-state index contributed by atoms with van der Waals surface area (Å²) in [6.45, 7) is 5.85. The molecule has 1 heterocycles. The Bertz CT molecular complexity index is 779. The van der Waals surface area contributed by atoms with E-state index in [0.717, 1.165) is 23.4 Å². The van der Waals surface area contributed by atoms with Gasteiger partial charge >= 0.3 is 0 Å². The number of hydrogen-bond acceptors (Lipinski definition) is 3. The molecule has 1 unspecified atom stereocenters. The monoisotopic (exact) mass is 295 g/mol. The zero-order valence-corrected chi connectivity index (χ0v) is 13.0. The van der Waals surface area contributed by atoms with Gasteiger partial charge in [-0.2, -0.15) is 0 Å². The zero-order chi connectivity index (χ0) is 15.5. The molecule has 4 nitrogen and oxygen atoms in total.